The van der Waals surface area contributed by atoms with Gasteiger partial charge >= 0.3 is 15.6 Å². The Kier molecular flexibility index (Phi) is 3.69. The molecule has 0 saturated heterocycles. The second kappa shape index (κ2) is 5.20. The minimum Gasteiger partial charge on any atom is -0.374 e. The third-order valence-corrected chi connectivity index (χ3v) is 3.66. The Balaban J connectivity index is 2.83. The average Bonchev–Trinajstić information content (AvgIpc) is 2.45. The summed E-state index contributed by atoms with van der Waals surface area (Å²) >= 11 is 0. The smallest absolute Gasteiger partial charge is 0.374 e. The summed E-state index contributed by atoms with van der Waals surface area (Å²) in [5.41, 5.74) is -6.51. The van der Waals surface area contributed by atoms with Crippen molar-refractivity contribution in [1.82, 2.24) is 0 Å². The summed E-state index contributed by atoms with van der Waals surface area (Å²) in [5.74, 6) is -0.811. The fraction of sp³-hybridized carbons (Fsp3) is 0.0769. The van der Waals surface area contributed by atoms with Gasteiger partial charge in [0.05, 0.1) is 5.56 Å². The molecule has 2 aromatic rings. The van der Waals surface area contributed by atoms with E-state index in [1.54, 1.807) is 6.07 Å². The zero-order chi connectivity index (χ0) is 16.5. The van der Waals surface area contributed by atoms with Crippen LogP contribution in [0.25, 0.3) is 10.8 Å². The topological polar surface area (TPSA) is 90.9 Å². The lowest BCUT2D eigenvalue weighted by atomic mass is 10.0. The third-order valence-electron chi connectivity index (χ3n) is 2.71. The van der Waals surface area contributed by atoms with Gasteiger partial charge in [0.1, 0.15) is 17.7 Å². The number of rotatable bonds is 2. The average molecular weight is 326 g/mol. The van der Waals surface area contributed by atoms with Crippen LogP contribution < -0.4 is 4.18 Å². The molecule has 2 aromatic carbocycles. The van der Waals surface area contributed by atoms with Crippen LogP contribution in [0.3, 0.4) is 0 Å². The lowest BCUT2D eigenvalue weighted by Crippen LogP contribution is -2.28. The van der Waals surface area contributed by atoms with Crippen molar-refractivity contribution >= 4 is 20.9 Å². The zero-order valence-corrected chi connectivity index (χ0v) is 11.4. The number of hydrogen-bond donors (Lipinski definition) is 0. The highest BCUT2D eigenvalue weighted by atomic mass is 32.2. The van der Waals surface area contributed by atoms with Gasteiger partial charge in [-0.15, -0.1) is 0 Å². The van der Waals surface area contributed by atoms with Crippen molar-refractivity contribution < 1.29 is 25.8 Å². The molecule has 0 N–H and O–H groups in total. The molecule has 112 valence electrons. The quantitative estimate of drug-likeness (QED) is 0.625. The lowest BCUT2D eigenvalue weighted by Gasteiger charge is -2.13. The molecule has 0 spiro atoms. The van der Waals surface area contributed by atoms with Gasteiger partial charge in [-0.1, -0.05) is 24.3 Å². The normalized spacial score (nSPS) is 11.7. The third kappa shape index (κ3) is 2.54. The Morgan fingerprint density at radius 3 is 2.27 bits per heavy atom. The molecule has 0 amide bonds. The second-order valence-corrected chi connectivity index (χ2v) is 5.59. The SMILES string of the molecule is N#Cc1cc2ccccc2c(OS(=O)(=O)C(F)(F)F)c1C#N. The molecule has 22 heavy (non-hydrogen) atoms. The molecule has 0 fully saturated rings. The number of nitrogens with zero attached hydrogens (tertiary/aromatic N) is 2. The molecular formula is C13H5F3N2O3S. The Hall–Kier alpha value is -2.78. The molecule has 0 atom stereocenters. The number of benzene rings is 2. The zero-order valence-electron chi connectivity index (χ0n) is 10.5. The molecule has 0 bridgehead atoms. The van der Waals surface area contributed by atoms with Crippen molar-refractivity contribution in [3.8, 4) is 17.9 Å². The summed E-state index contributed by atoms with van der Waals surface area (Å²) in [6.07, 6.45) is 0. The van der Waals surface area contributed by atoms with E-state index in [4.69, 9.17) is 10.5 Å². The van der Waals surface area contributed by atoms with Crippen molar-refractivity contribution in [3.05, 3.63) is 41.5 Å². The van der Waals surface area contributed by atoms with Gasteiger partial charge in [-0.25, -0.2) is 0 Å². The highest BCUT2D eigenvalue weighted by Crippen LogP contribution is 2.36. The van der Waals surface area contributed by atoms with Crippen LogP contribution in [0.2, 0.25) is 0 Å². The highest BCUT2D eigenvalue weighted by molar-refractivity contribution is 7.88. The molecular weight excluding hydrogens is 321 g/mol. The van der Waals surface area contributed by atoms with E-state index >= 15 is 0 Å². The molecule has 5 nitrogen and oxygen atoms in total. The van der Waals surface area contributed by atoms with Crippen LogP contribution in [0.15, 0.2) is 30.3 Å². The maximum Gasteiger partial charge on any atom is 0.534 e. The first kappa shape index (κ1) is 15.6. The second-order valence-electron chi connectivity index (χ2n) is 4.06. The maximum absolute atomic E-state index is 12.5. The predicted molar refractivity (Wildman–Crippen MR) is 69.0 cm³/mol. The Labute approximate surface area is 122 Å². The van der Waals surface area contributed by atoms with E-state index < -0.39 is 26.9 Å². The Bertz CT molecular complexity index is 938. The maximum atomic E-state index is 12.5. The summed E-state index contributed by atoms with van der Waals surface area (Å²) in [7, 11) is -5.96. The molecule has 0 saturated carbocycles. The van der Waals surface area contributed by atoms with Crippen molar-refractivity contribution in [3.63, 3.8) is 0 Å². The minimum absolute atomic E-state index is 0.0223. The van der Waals surface area contributed by atoms with Crippen LogP contribution in [0.4, 0.5) is 13.2 Å². The minimum atomic E-state index is -5.96. The van der Waals surface area contributed by atoms with Crippen LogP contribution in [0.5, 0.6) is 5.75 Å². The predicted octanol–water partition coefficient (Wildman–Crippen LogP) is 2.81. The van der Waals surface area contributed by atoms with Gasteiger partial charge in [-0.2, -0.15) is 32.1 Å². The summed E-state index contributed by atoms with van der Waals surface area (Å²) < 4.78 is 63.9. The molecule has 0 aromatic heterocycles. The molecule has 0 aliphatic heterocycles. The van der Waals surface area contributed by atoms with Gasteiger partial charge < -0.3 is 4.18 Å². The molecule has 0 heterocycles. The van der Waals surface area contributed by atoms with Crippen LogP contribution in [0, 0.1) is 22.7 Å². The fourth-order valence-electron chi connectivity index (χ4n) is 1.76. The molecule has 9 heteroatoms. The molecule has 0 aliphatic carbocycles. The van der Waals surface area contributed by atoms with E-state index in [-0.39, 0.29) is 16.3 Å². The van der Waals surface area contributed by atoms with Crippen LogP contribution >= 0.6 is 0 Å². The number of hydrogen-bond acceptors (Lipinski definition) is 5. The number of fused-ring (bicyclic) bond motifs is 1. The monoisotopic (exact) mass is 326 g/mol. The van der Waals surface area contributed by atoms with Crippen molar-refractivity contribution in [2.24, 2.45) is 0 Å². The molecule has 0 aliphatic rings. The molecule has 0 unspecified atom stereocenters. The summed E-state index contributed by atoms with van der Waals surface area (Å²) in [6, 6.07) is 10.1. The first-order chi connectivity index (χ1) is 10.2. The van der Waals surface area contributed by atoms with E-state index in [0.717, 1.165) is 0 Å². The van der Waals surface area contributed by atoms with E-state index in [1.807, 2.05) is 0 Å². The van der Waals surface area contributed by atoms with Crippen LogP contribution in [-0.2, 0) is 10.1 Å². The number of nitriles is 2. The van der Waals surface area contributed by atoms with Crippen molar-refractivity contribution in [2.45, 2.75) is 5.51 Å². The summed E-state index contributed by atoms with van der Waals surface area (Å²) in [5, 5.41) is 18.2. The van der Waals surface area contributed by atoms with Crippen LogP contribution in [0.1, 0.15) is 11.1 Å². The first-order valence-electron chi connectivity index (χ1n) is 5.58. The standard InChI is InChI=1S/C13H5F3N2O3S/c14-13(15,16)22(19,20)21-12-10-4-2-1-3-8(10)5-9(6-17)11(12)7-18/h1-5H. The largest absolute Gasteiger partial charge is 0.534 e. The molecule has 0 radical (unpaired) electrons. The van der Waals surface area contributed by atoms with Gasteiger partial charge in [0.15, 0.2) is 5.75 Å². The molecule has 2 rings (SSSR count). The van der Waals surface area contributed by atoms with Gasteiger partial charge in [-0.3, -0.25) is 0 Å². The number of alkyl halides is 3. The van der Waals surface area contributed by atoms with Crippen molar-refractivity contribution in [1.29, 1.82) is 10.5 Å². The van der Waals surface area contributed by atoms with E-state index in [0.29, 0.717) is 0 Å². The van der Waals surface area contributed by atoms with Gasteiger partial charge in [0.25, 0.3) is 0 Å². The Morgan fingerprint density at radius 1 is 1.09 bits per heavy atom. The Morgan fingerprint density at radius 2 is 1.73 bits per heavy atom. The first-order valence-corrected chi connectivity index (χ1v) is 6.99. The summed E-state index contributed by atoms with van der Waals surface area (Å²) in [6.45, 7) is 0. The fourth-order valence-corrected chi connectivity index (χ4v) is 2.24. The van der Waals surface area contributed by atoms with Gasteiger partial charge in [-0.05, 0) is 11.5 Å². The lowest BCUT2D eigenvalue weighted by molar-refractivity contribution is -0.0499. The van der Waals surface area contributed by atoms with Crippen LogP contribution in [-0.4, -0.2) is 13.9 Å². The van der Waals surface area contributed by atoms with E-state index in [9.17, 15) is 21.6 Å². The van der Waals surface area contributed by atoms with Gasteiger partial charge in [0, 0.05) is 5.39 Å². The van der Waals surface area contributed by atoms with Crippen molar-refractivity contribution in [2.75, 3.05) is 0 Å². The van der Waals surface area contributed by atoms with E-state index in [1.165, 1.54) is 36.4 Å². The number of halogens is 3. The van der Waals surface area contributed by atoms with E-state index in [2.05, 4.69) is 4.18 Å². The summed E-state index contributed by atoms with van der Waals surface area (Å²) in [4.78, 5) is 0. The highest BCUT2D eigenvalue weighted by Gasteiger charge is 2.49. The van der Waals surface area contributed by atoms with Gasteiger partial charge in [0.2, 0.25) is 0 Å².